The second-order valence-corrected chi connectivity index (χ2v) is 5.37. The van der Waals surface area contributed by atoms with Gasteiger partial charge in [-0.15, -0.1) is 0 Å². The standard InChI is InChI=1S/C17H21N3/c1-19(2)11-6-12-20(3)17-10-9-14(13-18)15-7-4-5-8-16(15)17/h4-5,7-10H,6,11-12H2,1-3H3. The zero-order valence-corrected chi connectivity index (χ0v) is 12.4. The predicted octanol–water partition coefficient (Wildman–Crippen LogP) is 3.10. The third kappa shape index (κ3) is 3.09. The molecule has 0 saturated carbocycles. The van der Waals surface area contributed by atoms with E-state index in [0.29, 0.717) is 0 Å². The molecular formula is C17H21N3. The quantitative estimate of drug-likeness (QED) is 0.834. The van der Waals surface area contributed by atoms with Crippen molar-refractivity contribution in [3.63, 3.8) is 0 Å². The normalized spacial score (nSPS) is 10.8. The Bertz CT molecular complexity index is 626. The minimum atomic E-state index is 0.742. The lowest BCUT2D eigenvalue weighted by molar-refractivity contribution is 0.402. The van der Waals surface area contributed by atoms with E-state index < -0.39 is 0 Å². The topological polar surface area (TPSA) is 30.3 Å². The summed E-state index contributed by atoms with van der Waals surface area (Å²) in [6, 6.07) is 14.4. The molecule has 0 aromatic heterocycles. The highest BCUT2D eigenvalue weighted by molar-refractivity contribution is 5.97. The fourth-order valence-corrected chi connectivity index (χ4v) is 2.46. The van der Waals surface area contributed by atoms with Gasteiger partial charge in [-0.25, -0.2) is 0 Å². The van der Waals surface area contributed by atoms with E-state index >= 15 is 0 Å². The molecule has 2 aromatic rings. The average Bonchev–Trinajstić information content (AvgIpc) is 2.45. The molecule has 0 aliphatic rings. The van der Waals surface area contributed by atoms with E-state index in [0.717, 1.165) is 35.8 Å². The summed E-state index contributed by atoms with van der Waals surface area (Å²) in [6.07, 6.45) is 1.12. The zero-order valence-electron chi connectivity index (χ0n) is 12.4. The third-order valence-corrected chi connectivity index (χ3v) is 3.53. The first-order chi connectivity index (χ1) is 9.63. The van der Waals surface area contributed by atoms with Crippen molar-refractivity contribution in [2.24, 2.45) is 0 Å². The molecule has 3 heteroatoms. The fraction of sp³-hybridized carbons (Fsp3) is 0.353. The summed E-state index contributed by atoms with van der Waals surface area (Å²) < 4.78 is 0. The molecule has 0 spiro atoms. The number of nitrogens with zero attached hydrogens (tertiary/aromatic N) is 3. The van der Waals surface area contributed by atoms with Crippen LogP contribution in [-0.2, 0) is 0 Å². The monoisotopic (exact) mass is 267 g/mol. The van der Waals surface area contributed by atoms with Crippen LogP contribution >= 0.6 is 0 Å². The Balaban J connectivity index is 2.29. The molecule has 0 bridgehead atoms. The van der Waals surface area contributed by atoms with Crippen molar-refractivity contribution < 1.29 is 0 Å². The van der Waals surface area contributed by atoms with Crippen LogP contribution in [0.4, 0.5) is 5.69 Å². The third-order valence-electron chi connectivity index (χ3n) is 3.53. The van der Waals surface area contributed by atoms with Crippen LogP contribution in [0.1, 0.15) is 12.0 Å². The molecule has 0 N–H and O–H groups in total. The largest absolute Gasteiger partial charge is 0.374 e. The molecule has 2 aromatic carbocycles. The molecule has 0 aliphatic heterocycles. The second kappa shape index (κ2) is 6.40. The summed E-state index contributed by atoms with van der Waals surface area (Å²) in [5.41, 5.74) is 1.93. The maximum atomic E-state index is 9.20. The number of hydrogen-bond acceptors (Lipinski definition) is 3. The van der Waals surface area contributed by atoms with Gasteiger partial charge in [0.1, 0.15) is 0 Å². The van der Waals surface area contributed by atoms with Gasteiger partial charge in [-0.05, 0) is 39.2 Å². The highest BCUT2D eigenvalue weighted by Gasteiger charge is 2.08. The fourth-order valence-electron chi connectivity index (χ4n) is 2.46. The molecule has 0 unspecified atom stereocenters. The maximum absolute atomic E-state index is 9.20. The van der Waals surface area contributed by atoms with Gasteiger partial charge in [-0.3, -0.25) is 0 Å². The number of nitriles is 1. The molecule has 104 valence electrons. The molecule has 3 nitrogen and oxygen atoms in total. The number of anilines is 1. The highest BCUT2D eigenvalue weighted by Crippen LogP contribution is 2.28. The van der Waals surface area contributed by atoms with Crippen molar-refractivity contribution in [1.82, 2.24) is 4.90 Å². The Morgan fingerprint density at radius 2 is 1.65 bits per heavy atom. The molecule has 0 fully saturated rings. The van der Waals surface area contributed by atoms with Gasteiger partial charge in [-0.1, -0.05) is 24.3 Å². The van der Waals surface area contributed by atoms with Crippen LogP contribution in [0, 0.1) is 11.3 Å². The van der Waals surface area contributed by atoms with Crippen LogP contribution in [0.25, 0.3) is 10.8 Å². The van der Waals surface area contributed by atoms with Crippen LogP contribution in [-0.4, -0.2) is 39.1 Å². The summed E-state index contributed by atoms with van der Waals surface area (Å²) >= 11 is 0. The molecule has 0 amide bonds. The van der Waals surface area contributed by atoms with E-state index in [4.69, 9.17) is 0 Å². The summed E-state index contributed by atoms with van der Waals surface area (Å²) in [6.45, 7) is 2.09. The van der Waals surface area contributed by atoms with E-state index in [2.05, 4.69) is 49.1 Å². The van der Waals surface area contributed by atoms with E-state index in [1.165, 1.54) is 5.69 Å². The van der Waals surface area contributed by atoms with Crippen LogP contribution in [0.2, 0.25) is 0 Å². The summed E-state index contributed by atoms with van der Waals surface area (Å²) in [5.74, 6) is 0. The Kier molecular flexibility index (Phi) is 4.60. The SMILES string of the molecule is CN(C)CCCN(C)c1ccc(C#N)c2ccccc12. The molecule has 0 radical (unpaired) electrons. The van der Waals surface area contributed by atoms with Crippen LogP contribution in [0.3, 0.4) is 0 Å². The van der Waals surface area contributed by atoms with E-state index in [9.17, 15) is 5.26 Å². The smallest absolute Gasteiger partial charge is 0.0998 e. The van der Waals surface area contributed by atoms with Crippen molar-refractivity contribution in [3.8, 4) is 6.07 Å². The van der Waals surface area contributed by atoms with Gasteiger partial charge >= 0.3 is 0 Å². The molecule has 2 rings (SSSR count). The number of benzene rings is 2. The molecule has 20 heavy (non-hydrogen) atoms. The number of rotatable bonds is 5. The molecule has 0 heterocycles. The summed E-state index contributed by atoms with van der Waals surface area (Å²) in [7, 11) is 6.30. The maximum Gasteiger partial charge on any atom is 0.0998 e. The van der Waals surface area contributed by atoms with Crippen LogP contribution < -0.4 is 4.90 Å². The lowest BCUT2D eigenvalue weighted by Gasteiger charge is -2.22. The predicted molar refractivity (Wildman–Crippen MR) is 85.1 cm³/mol. The lowest BCUT2D eigenvalue weighted by Crippen LogP contribution is -2.23. The van der Waals surface area contributed by atoms with Gasteiger partial charge in [0.05, 0.1) is 11.6 Å². The minimum Gasteiger partial charge on any atom is -0.374 e. The minimum absolute atomic E-state index is 0.742. The number of hydrogen-bond donors (Lipinski definition) is 0. The van der Waals surface area contributed by atoms with Crippen LogP contribution in [0.5, 0.6) is 0 Å². The summed E-state index contributed by atoms with van der Waals surface area (Å²) in [5, 5.41) is 11.4. The van der Waals surface area contributed by atoms with Gasteiger partial charge in [0.2, 0.25) is 0 Å². The lowest BCUT2D eigenvalue weighted by atomic mass is 10.0. The molecule has 0 saturated heterocycles. The highest BCUT2D eigenvalue weighted by atomic mass is 15.1. The molecule has 0 atom stereocenters. The van der Waals surface area contributed by atoms with Gasteiger partial charge in [0.15, 0.2) is 0 Å². The molecular weight excluding hydrogens is 246 g/mol. The first-order valence-electron chi connectivity index (χ1n) is 6.91. The van der Waals surface area contributed by atoms with Gasteiger partial charge < -0.3 is 9.80 Å². The van der Waals surface area contributed by atoms with Gasteiger partial charge in [-0.2, -0.15) is 5.26 Å². The Morgan fingerprint density at radius 3 is 2.30 bits per heavy atom. The van der Waals surface area contributed by atoms with Crippen molar-refractivity contribution in [2.45, 2.75) is 6.42 Å². The first-order valence-corrected chi connectivity index (χ1v) is 6.91. The van der Waals surface area contributed by atoms with Crippen molar-refractivity contribution >= 4 is 16.5 Å². The molecule has 0 aliphatic carbocycles. The van der Waals surface area contributed by atoms with Gasteiger partial charge in [0.25, 0.3) is 0 Å². The average molecular weight is 267 g/mol. The van der Waals surface area contributed by atoms with Crippen LogP contribution in [0.15, 0.2) is 36.4 Å². The van der Waals surface area contributed by atoms with E-state index in [1.807, 2.05) is 24.3 Å². The Labute approximate surface area is 121 Å². The van der Waals surface area contributed by atoms with Gasteiger partial charge in [0, 0.05) is 30.1 Å². The summed E-state index contributed by atoms with van der Waals surface area (Å²) in [4.78, 5) is 4.47. The number of fused-ring (bicyclic) bond motifs is 1. The van der Waals surface area contributed by atoms with E-state index in [1.54, 1.807) is 0 Å². The van der Waals surface area contributed by atoms with E-state index in [-0.39, 0.29) is 0 Å². The second-order valence-electron chi connectivity index (χ2n) is 5.37. The van der Waals surface area contributed by atoms with Crippen molar-refractivity contribution in [1.29, 1.82) is 5.26 Å². The van der Waals surface area contributed by atoms with Crippen molar-refractivity contribution in [2.75, 3.05) is 39.1 Å². The zero-order chi connectivity index (χ0) is 14.5. The Morgan fingerprint density at radius 1 is 0.950 bits per heavy atom. The Hall–Kier alpha value is -2.05. The first kappa shape index (κ1) is 14.4. The van der Waals surface area contributed by atoms with Crippen molar-refractivity contribution in [3.05, 3.63) is 42.0 Å².